The summed E-state index contributed by atoms with van der Waals surface area (Å²) in [4.78, 5) is 0. The lowest BCUT2D eigenvalue weighted by atomic mass is 11.9. The average molecular weight is 268 g/mol. The van der Waals surface area contributed by atoms with Gasteiger partial charge in [0.1, 0.15) is 0 Å². The maximum Gasteiger partial charge on any atom is 0.475 e. The topological polar surface area (TPSA) is 55.4 Å². The van der Waals surface area contributed by atoms with Crippen molar-refractivity contribution in [3.8, 4) is 0 Å². The summed E-state index contributed by atoms with van der Waals surface area (Å²) >= 11 is 0. The second-order valence-corrected chi connectivity index (χ2v) is 15.9. The summed E-state index contributed by atoms with van der Waals surface area (Å²) in [5.74, 6) is 0. The van der Waals surface area contributed by atoms with Gasteiger partial charge in [-0.3, -0.25) is 0 Å². The minimum Gasteiger partial charge on any atom is -0.374 e. The zero-order valence-corrected chi connectivity index (χ0v) is 12.4. The molecule has 0 radical (unpaired) electrons. The van der Waals surface area contributed by atoms with E-state index in [-0.39, 0.29) is 0 Å². The fourth-order valence-electron chi connectivity index (χ4n) is 2.27. The predicted octanol–water partition coefficient (Wildman–Crippen LogP) is 0.402. The second-order valence-electron chi connectivity index (χ2n) is 4.06. The van der Waals surface area contributed by atoms with Gasteiger partial charge in [0.05, 0.1) is 0 Å². The molecule has 10 heteroatoms. The Labute approximate surface area is 86.5 Å². The Hall–Kier alpha value is 0.628. The molecule has 4 fully saturated rings. The van der Waals surface area contributed by atoms with Crippen LogP contribution in [0, 0.1) is 0 Å². The SMILES string of the molecule is C[Si]12O[Si]3(C)O[Si](C)(O1)O[Si](C)(O2)O3. The van der Waals surface area contributed by atoms with E-state index in [1.807, 2.05) is 26.2 Å². The van der Waals surface area contributed by atoms with Gasteiger partial charge < -0.3 is 24.7 Å². The molecule has 4 aliphatic rings. The molecule has 0 aromatic carbocycles. The van der Waals surface area contributed by atoms with Crippen molar-refractivity contribution in [2.75, 3.05) is 0 Å². The molecule has 4 aliphatic heterocycles. The quantitative estimate of drug-likeness (QED) is 0.593. The first-order valence-corrected chi connectivity index (χ1v) is 13.3. The Morgan fingerprint density at radius 1 is 0.429 bits per heavy atom. The third-order valence-corrected chi connectivity index (χ3v) is 20.0. The molecule has 4 bridgehead atoms. The summed E-state index contributed by atoms with van der Waals surface area (Å²) in [5.41, 5.74) is 0. The zero-order chi connectivity index (χ0) is 10.2. The number of rotatable bonds is 0. The summed E-state index contributed by atoms with van der Waals surface area (Å²) in [5, 5.41) is 0. The minimum atomic E-state index is -2.51. The Morgan fingerprint density at radius 3 is 0.714 bits per heavy atom. The molecule has 80 valence electrons. The van der Waals surface area contributed by atoms with Crippen molar-refractivity contribution in [2.24, 2.45) is 0 Å². The molecule has 4 rings (SSSR count). The maximum atomic E-state index is 5.71. The highest BCUT2D eigenvalue weighted by molar-refractivity contribution is 7.01. The minimum absolute atomic E-state index is 1.89. The van der Waals surface area contributed by atoms with Crippen LogP contribution < -0.4 is 0 Å². The van der Waals surface area contributed by atoms with E-state index < -0.39 is 35.2 Å². The van der Waals surface area contributed by atoms with Crippen LogP contribution in [0.25, 0.3) is 0 Å². The van der Waals surface area contributed by atoms with Gasteiger partial charge in [0, 0.05) is 26.2 Å². The molecular formula is C4H12O6Si4. The molecule has 0 aromatic heterocycles. The third kappa shape index (κ3) is 1.27. The monoisotopic (exact) mass is 268 g/mol. The molecule has 6 nitrogen and oxygen atoms in total. The molecule has 0 aliphatic carbocycles. The summed E-state index contributed by atoms with van der Waals surface area (Å²) in [6.07, 6.45) is 0. The van der Waals surface area contributed by atoms with Crippen LogP contribution in [0.5, 0.6) is 0 Å². The van der Waals surface area contributed by atoms with Crippen molar-refractivity contribution < 1.29 is 24.7 Å². The Balaban J connectivity index is 2.08. The Kier molecular flexibility index (Phi) is 1.63. The van der Waals surface area contributed by atoms with Crippen molar-refractivity contribution in [1.82, 2.24) is 0 Å². The number of hydrogen-bond acceptors (Lipinski definition) is 6. The molecular weight excluding hydrogens is 256 g/mol. The van der Waals surface area contributed by atoms with Crippen molar-refractivity contribution in [3.05, 3.63) is 0 Å². The van der Waals surface area contributed by atoms with Crippen LogP contribution in [0.15, 0.2) is 0 Å². The van der Waals surface area contributed by atoms with E-state index in [0.717, 1.165) is 0 Å². The van der Waals surface area contributed by atoms with Gasteiger partial charge in [-0.05, 0) is 0 Å². The molecule has 14 heavy (non-hydrogen) atoms. The normalized spacial score (nSPS) is 66.0. The molecule has 0 amide bonds. The summed E-state index contributed by atoms with van der Waals surface area (Å²) in [7, 11) is -10.0. The lowest BCUT2D eigenvalue weighted by molar-refractivity contribution is -0.0203. The van der Waals surface area contributed by atoms with Crippen molar-refractivity contribution >= 4 is 35.2 Å². The molecule has 0 spiro atoms. The van der Waals surface area contributed by atoms with Crippen molar-refractivity contribution in [2.45, 2.75) is 26.2 Å². The van der Waals surface area contributed by atoms with Crippen LogP contribution in [0.3, 0.4) is 0 Å². The smallest absolute Gasteiger partial charge is 0.374 e. The van der Waals surface area contributed by atoms with E-state index in [2.05, 4.69) is 0 Å². The molecule has 0 saturated carbocycles. The van der Waals surface area contributed by atoms with Gasteiger partial charge in [0.2, 0.25) is 0 Å². The van der Waals surface area contributed by atoms with Crippen LogP contribution in [-0.4, -0.2) is 35.2 Å². The van der Waals surface area contributed by atoms with Crippen LogP contribution >= 0.6 is 0 Å². The summed E-state index contributed by atoms with van der Waals surface area (Å²) in [6, 6.07) is 0. The molecule has 0 unspecified atom stereocenters. The largest absolute Gasteiger partial charge is 0.475 e. The van der Waals surface area contributed by atoms with Gasteiger partial charge in [-0.15, -0.1) is 0 Å². The highest BCUT2D eigenvalue weighted by Crippen LogP contribution is 2.46. The van der Waals surface area contributed by atoms with Gasteiger partial charge in [-0.25, -0.2) is 0 Å². The van der Waals surface area contributed by atoms with E-state index in [9.17, 15) is 0 Å². The fourth-order valence-corrected chi connectivity index (χ4v) is 24.9. The fraction of sp³-hybridized carbons (Fsp3) is 1.00. The second kappa shape index (κ2) is 2.32. The molecule has 4 saturated heterocycles. The van der Waals surface area contributed by atoms with E-state index >= 15 is 0 Å². The lowest BCUT2D eigenvalue weighted by Crippen LogP contribution is -2.86. The van der Waals surface area contributed by atoms with E-state index in [4.69, 9.17) is 24.7 Å². The lowest BCUT2D eigenvalue weighted by Gasteiger charge is -2.60. The highest BCUT2D eigenvalue weighted by atomic mass is 28.6. The summed E-state index contributed by atoms with van der Waals surface area (Å²) in [6.45, 7) is 7.56. The molecule has 0 atom stereocenters. The first-order valence-electron chi connectivity index (χ1n) is 4.45. The van der Waals surface area contributed by atoms with E-state index in [1.165, 1.54) is 0 Å². The van der Waals surface area contributed by atoms with Crippen LogP contribution in [0.1, 0.15) is 0 Å². The van der Waals surface area contributed by atoms with Crippen LogP contribution in [-0.2, 0) is 24.7 Å². The Morgan fingerprint density at radius 2 is 0.571 bits per heavy atom. The van der Waals surface area contributed by atoms with Crippen LogP contribution in [0.4, 0.5) is 0 Å². The van der Waals surface area contributed by atoms with Gasteiger partial charge in [0.25, 0.3) is 0 Å². The third-order valence-electron chi connectivity index (χ3n) is 2.22. The first kappa shape index (κ1) is 9.83. The van der Waals surface area contributed by atoms with Gasteiger partial charge in [-0.2, -0.15) is 0 Å². The van der Waals surface area contributed by atoms with Gasteiger partial charge in [-0.1, -0.05) is 0 Å². The predicted molar refractivity (Wildman–Crippen MR) is 53.0 cm³/mol. The maximum absolute atomic E-state index is 5.71. The molecule has 0 N–H and O–H groups in total. The highest BCUT2D eigenvalue weighted by Gasteiger charge is 2.76. The summed E-state index contributed by atoms with van der Waals surface area (Å²) < 4.78 is 34.2. The molecule has 0 aromatic rings. The van der Waals surface area contributed by atoms with E-state index in [0.29, 0.717) is 0 Å². The Bertz CT molecular complexity index is 215. The average Bonchev–Trinajstić information content (AvgIpc) is 1.67. The van der Waals surface area contributed by atoms with E-state index in [1.54, 1.807) is 0 Å². The number of hydrogen-bond donors (Lipinski definition) is 0. The van der Waals surface area contributed by atoms with Crippen molar-refractivity contribution in [3.63, 3.8) is 0 Å². The van der Waals surface area contributed by atoms with Crippen LogP contribution in [0.2, 0.25) is 26.2 Å². The van der Waals surface area contributed by atoms with Gasteiger partial charge >= 0.3 is 35.2 Å². The van der Waals surface area contributed by atoms with Crippen molar-refractivity contribution in [1.29, 1.82) is 0 Å². The molecule has 4 heterocycles. The zero-order valence-electron chi connectivity index (χ0n) is 8.45. The standard InChI is InChI=1S/C4H12O6Si4/c1-11-5-12(2)8-13(3,6-11)10-14(4,7-11)9-12/h1-4H3. The van der Waals surface area contributed by atoms with Gasteiger partial charge in [0.15, 0.2) is 0 Å². The first-order chi connectivity index (χ1) is 6.24.